The van der Waals surface area contributed by atoms with Crippen LogP contribution in [0.15, 0.2) is 41.4 Å². The van der Waals surface area contributed by atoms with Gasteiger partial charge in [0.1, 0.15) is 16.8 Å². The van der Waals surface area contributed by atoms with Crippen molar-refractivity contribution < 1.29 is 27.1 Å². The van der Waals surface area contributed by atoms with Crippen LogP contribution in [0, 0.1) is 17.1 Å². The number of pyridine rings is 1. The number of hydrogen-bond acceptors (Lipinski definition) is 8. The summed E-state index contributed by atoms with van der Waals surface area (Å²) in [5.74, 6) is -1.41. The number of nitrogens with one attached hydrogen (secondary N) is 1. The first kappa shape index (κ1) is 27.6. The van der Waals surface area contributed by atoms with E-state index in [4.69, 9.17) is 27.9 Å². The molecule has 2 amide bonds. The number of nitrogens with zero attached hydrogens (tertiary/aromatic N) is 4. The van der Waals surface area contributed by atoms with Crippen LogP contribution in [0.3, 0.4) is 0 Å². The zero-order valence-electron chi connectivity index (χ0n) is 20.7. The largest absolute Gasteiger partial charge is 0.425 e. The van der Waals surface area contributed by atoms with Crippen LogP contribution in [0.5, 0.6) is 0 Å². The molecule has 206 valence electrons. The van der Waals surface area contributed by atoms with E-state index >= 15 is 4.39 Å². The monoisotopic (exact) mass is 595 g/mol. The molecule has 1 aliphatic carbocycles. The zero-order chi connectivity index (χ0) is 28.2. The molecule has 3 fully saturated rings. The molecule has 2 aliphatic heterocycles. The number of carbonyl (C=O) groups is 2. The van der Waals surface area contributed by atoms with Gasteiger partial charge in [0, 0.05) is 32.3 Å². The minimum atomic E-state index is -4.06. The molecule has 14 heteroatoms. The molecule has 10 nitrogen and oxygen atoms in total. The Labute approximate surface area is 234 Å². The average Bonchev–Trinajstić information content (AvgIpc) is 3.50. The van der Waals surface area contributed by atoms with Crippen LogP contribution < -0.4 is 5.32 Å². The third kappa shape index (κ3) is 4.93. The molecular weight excluding hydrogens is 572 g/mol. The molecule has 2 aromatic rings. The van der Waals surface area contributed by atoms with Gasteiger partial charge in [-0.15, -0.1) is 0 Å². The number of benzene rings is 1. The maximum absolute atomic E-state index is 15.0. The van der Waals surface area contributed by atoms with Crippen LogP contribution in [0.2, 0.25) is 10.0 Å². The lowest BCUT2D eigenvalue weighted by atomic mass is 9.75. The van der Waals surface area contributed by atoms with E-state index in [2.05, 4.69) is 10.3 Å². The number of nitriles is 1. The van der Waals surface area contributed by atoms with Crippen molar-refractivity contribution in [2.45, 2.75) is 46.6 Å². The predicted molar refractivity (Wildman–Crippen MR) is 138 cm³/mol. The Morgan fingerprint density at radius 1 is 1.26 bits per heavy atom. The second-order valence-electron chi connectivity index (χ2n) is 10.2. The number of sulfone groups is 1. The van der Waals surface area contributed by atoms with Crippen LogP contribution in [-0.4, -0.2) is 78.9 Å². The maximum Gasteiger partial charge on any atom is 0.410 e. The Kier molecular flexibility index (Phi) is 6.99. The van der Waals surface area contributed by atoms with Gasteiger partial charge in [0.15, 0.2) is 16.1 Å². The summed E-state index contributed by atoms with van der Waals surface area (Å²) in [6.45, 7) is -0.118. The van der Waals surface area contributed by atoms with E-state index in [0.717, 1.165) is 11.0 Å². The standard InChI is InChI=1S/C25H24Cl2FN5O5S/c1-32-13-25(14-32,21-18(28)8-15(26)10-30-21)22(34)33-11-16(39(36,37)19-5-3-2-4-17(19)27)9-20(33)38-23(35)31-24(12-29)6-7-24/h2-5,8,10,16,20H,6-7,9,11,13-14H2,1H3,(H,31,35)/t16-,20+/m1/s1. The van der Waals surface area contributed by atoms with E-state index in [9.17, 15) is 23.3 Å². The summed E-state index contributed by atoms with van der Waals surface area (Å²) in [4.78, 5) is 33.8. The number of likely N-dealkylation sites (N-methyl/N-ethyl adjacent to an activating group) is 1. The molecule has 0 unspecified atom stereocenters. The fourth-order valence-electron chi connectivity index (χ4n) is 5.21. The van der Waals surface area contributed by atoms with Gasteiger partial charge >= 0.3 is 6.09 Å². The van der Waals surface area contributed by atoms with Gasteiger partial charge in [0.05, 0.1) is 32.0 Å². The Balaban J connectivity index is 1.49. The highest BCUT2D eigenvalue weighted by Crippen LogP contribution is 2.41. The molecule has 39 heavy (non-hydrogen) atoms. The molecule has 1 saturated carbocycles. The minimum absolute atomic E-state index is 0.0201. The normalized spacial score (nSPS) is 23.4. The number of hydrogen-bond donors (Lipinski definition) is 1. The Hall–Kier alpha value is -2.98. The number of rotatable bonds is 6. The molecule has 1 N–H and O–H groups in total. The first-order valence-electron chi connectivity index (χ1n) is 12.1. The fourth-order valence-corrected chi connectivity index (χ4v) is 7.56. The molecule has 0 radical (unpaired) electrons. The SMILES string of the molecule is CN1CC(C(=O)N2C[C@H](S(=O)(=O)c3ccccc3Cl)C[C@@H]2OC(=O)NC2(C#N)CC2)(c2ncc(Cl)cc2F)C1. The molecule has 2 saturated heterocycles. The number of ether oxygens (including phenoxy) is 1. The summed E-state index contributed by atoms with van der Waals surface area (Å²) in [6, 6.07) is 9.01. The summed E-state index contributed by atoms with van der Waals surface area (Å²) in [5, 5.41) is 10.7. The number of carbonyl (C=O) groups excluding carboxylic acids is 2. The highest BCUT2D eigenvalue weighted by Gasteiger charge is 2.57. The molecule has 1 aromatic heterocycles. The van der Waals surface area contributed by atoms with Gasteiger partial charge in [-0.3, -0.25) is 9.78 Å². The molecule has 3 heterocycles. The van der Waals surface area contributed by atoms with Crippen molar-refractivity contribution in [2.24, 2.45) is 0 Å². The van der Waals surface area contributed by atoms with Crippen molar-refractivity contribution in [1.82, 2.24) is 20.1 Å². The van der Waals surface area contributed by atoms with E-state index < -0.39 is 50.1 Å². The number of amides is 2. The lowest BCUT2D eigenvalue weighted by molar-refractivity contribution is -0.151. The van der Waals surface area contributed by atoms with Crippen LogP contribution in [0.4, 0.5) is 9.18 Å². The Morgan fingerprint density at radius 2 is 1.95 bits per heavy atom. The van der Waals surface area contributed by atoms with Crippen molar-refractivity contribution >= 4 is 45.0 Å². The van der Waals surface area contributed by atoms with Gasteiger partial charge in [-0.25, -0.2) is 17.6 Å². The second-order valence-corrected chi connectivity index (χ2v) is 13.2. The highest BCUT2D eigenvalue weighted by molar-refractivity contribution is 7.92. The van der Waals surface area contributed by atoms with Crippen molar-refractivity contribution in [3.8, 4) is 6.07 Å². The van der Waals surface area contributed by atoms with E-state index in [1.807, 2.05) is 6.07 Å². The van der Waals surface area contributed by atoms with Gasteiger partial charge < -0.3 is 19.9 Å². The third-order valence-electron chi connectivity index (χ3n) is 7.35. The highest BCUT2D eigenvalue weighted by atomic mass is 35.5. The number of likely N-dealkylation sites (tertiary alicyclic amines) is 2. The van der Waals surface area contributed by atoms with Gasteiger partial charge in [-0.2, -0.15) is 5.26 Å². The summed E-state index contributed by atoms with van der Waals surface area (Å²) >= 11 is 12.1. The van der Waals surface area contributed by atoms with Crippen LogP contribution in [0.25, 0.3) is 0 Å². The Morgan fingerprint density at radius 3 is 2.54 bits per heavy atom. The molecule has 5 rings (SSSR count). The number of aromatic nitrogens is 1. The van der Waals surface area contributed by atoms with Gasteiger partial charge in [-0.1, -0.05) is 35.3 Å². The van der Waals surface area contributed by atoms with Gasteiger partial charge in [0.25, 0.3) is 0 Å². The summed E-state index contributed by atoms with van der Waals surface area (Å²) < 4.78 is 47.7. The lowest BCUT2D eigenvalue weighted by Crippen LogP contribution is -2.67. The fraction of sp³-hybridized carbons (Fsp3) is 0.440. The molecule has 0 bridgehead atoms. The maximum atomic E-state index is 15.0. The number of alkyl carbamates (subject to hydrolysis) is 1. The first-order chi connectivity index (χ1) is 18.4. The molecule has 3 aliphatic rings. The predicted octanol–water partition coefficient (Wildman–Crippen LogP) is 2.89. The topological polar surface area (TPSA) is 133 Å². The average molecular weight is 596 g/mol. The summed E-state index contributed by atoms with van der Waals surface area (Å²) in [6.07, 6.45) is -0.357. The smallest absolute Gasteiger partial charge is 0.410 e. The Bertz CT molecular complexity index is 1490. The second kappa shape index (κ2) is 9.89. The van der Waals surface area contributed by atoms with Crippen molar-refractivity contribution in [1.29, 1.82) is 5.26 Å². The van der Waals surface area contributed by atoms with Gasteiger partial charge in [0.2, 0.25) is 5.91 Å². The van der Waals surface area contributed by atoms with Crippen LogP contribution in [0.1, 0.15) is 25.0 Å². The van der Waals surface area contributed by atoms with E-state index in [1.165, 1.54) is 24.4 Å². The first-order valence-corrected chi connectivity index (χ1v) is 14.4. The quantitative estimate of drug-likeness (QED) is 0.539. The van der Waals surface area contributed by atoms with E-state index in [-0.39, 0.29) is 46.7 Å². The molecule has 0 spiro atoms. The van der Waals surface area contributed by atoms with Gasteiger partial charge in [-0.05, 0) is 38.1 Å². The van der Waals surface area contributed by atoms with E-state index in [0.29, 0.717) is 12.8 Å². The van der Waals surface area contributed by atoms with E-state index in [1.54, 1.807) is 18.0 Å². The number of halogens is 3. The lowest BCUT2D eigenvalue weighted by Gasteiger charge is -2.48. The minimum Gasteiger partial charge on any atom is -0.425 e. The summed E-state index contributed by atoms with van der Waals surface area (Å²) in [5.41, 5.74) is -2.62. The molecular formula is C25H24Cl2FN5O5S. The van der Waals surface area contributed by atoms with Crippen molar-refractivity contribution in [3.63, 3.8) is 0 Å². The van der Waals surface area contributed by atoms with Crippen molar-refractivity contribution in [3.05, 3.63) is 58.1 Å². The third-order valence-corrected chi connectivity index (χ3v) is 10.2. The summed E-state index contributed by atoms with van der Waals surface area (Å²) in [7, 11) is -2.32. The van der Waals surface area contributed by atoms with Crippen LogP contribution in [-0.2, 0) is 24.8 Å². The zero-order valence-corrected chi connectivity index (χ0v) is 23.1. The van der Waals surface area contributed by atoms with Crippen LogP contribution >= 0.6 is 23.2 Å². The molecule has 1 aromatic carbocycles. The molecule has 2 atom stereocenters. The van der Waals surface area contributed by atoms with Crippen molar-refractivity contribution in [2.75, 3.05) is 26.7 Å².